The number of ether oxygens (including phenoxy) is 1. The summed E-state index contributed by atoms with van der Waals surface area (Å²) in [7, 11) is -2.76. The zero-order valence-corrected chi connectivity index (χ0v) is 19.0. The number of nitrogens with one attached hydrogen (secondary N) is 2. The second kappa shape index (κ2) is 10.7. The molecule has 0 atom stereocenters. The number of morpholine rings is 1. The standard InChI is InChI=1S/C21H29N5O5S/c1-15(27)22-8-7-20(28)23-17-5-3-16(4-6-17)21-24-18(14-32(2,29)30)13-19(25-21)26-9-11-31-12-10-26/h3-6,13,29-30H,7-12,14H2,1-2H3,(H,22,27)(H,23,28). The molecule has 32 heavy (non-hydrogen) atoms. The van der Waals surface area contributed by atoms with Crippen molar-refractivity contribution >= 4 is 33.9 Å². The smallest absolute Gasteiger partial charge is 0.226 e. The molecule has 0 bridgehead atoms. The molecule has 2 amide bonds. The summed E-state index contributed by atoms with van der Waals surface area (Å²) >= 11 is 0. The van der Waals surface area contributed by atoms with Gasteiger partial charge in [0.05, 0.1) is 24.7 Å². The highest BCUT2D eigenvalue weighted by Crippen LogP contribution is 2.38. The van der Waals surface area contributed by atoms with Gasteiger partial charge < -0.3 is 20.3 Å². The third kappa shape index (κ3) is 7.45. The van der Waals surface area contributed by atoms with Gasteiger partial charge in [0.1, 0.15) is 5.82 Å². The molecule has 4 N–H and O–H groups in total. The summed E-state index contributed by atoms with van der Waals surface area (Å²) in [4.78, 5) is 34.2. The van der Waals surface area contributed by atoms with Crippen molar-refractivity contribution in [2.75, 3.05) is 49.3 Å². The van der Waals surface area contributed by atoms with Gasteiger partial charge in [0.15, 0.2) is 5.82 Å². The molecule has 0 saturated carbocycles. The molecule has 1 aromatic carbocycles. The molecule has 2 aromatic rings. The van der Waals surface area contributed by atoms with Gasteiger partial charge in [0.2, 0.25) is 11.8 Å². The summed E-state index contributed by atoms with van der Waals surface area (Å²) in [5.74, 6) is 0.851. The van der Waals surface area contributed by atoms with E-state index in [1.807, 2.05) is 0 Å². The lowest BCUT2D eigenvalue weighted by Crippen LogP contribution is -2.37. The van der Waals surface area contributed by atoms with Gasteiger partial charge >= 0.3 is 0 Å². The number of aromatic nitrogens is 2. The van der Waals surface area contributed by atoms with Gasteiger partial charge in [-0.3, -0.25) is 18.7 Å². The second-order valence-corrected chi connectivity index (χ2v) is 9.91. The number of amides is 2. The van der Waals surface area contributed by atoms with Gasteiger partial charge in [-0.1, -0.05) is 0 Å². The molecule has 1 fully saturated rings. The van der Waals surface area contributed by atoms with Crippen LogP contribution in [0.1, 0.15) is 19.0 Å². The maximum absolute atomic E-state index is 12.0. The molecule has 1 aliphatic rings. The Morgan fingerprint density at radius 2 is 1.84 bits per heavy atom. The Labute approximate surface area is 188 Å². The molecule has 0 unspecified atom stereocenters. The Balaban J connectivity index is 1.77. The third-order valence-electron chi connectivity index (χ3n) is 4.67. The average Bonchev–Trinajstić information content (AvgIpc) is 2.73. The van der Waals surface area contributed by atoms with Gasteiger partial charge in [-0.15, -0.1) is 0 Å². The van der Waals surface area contributed by atoms with Crippen molar-refractivity contribution in [3.8, 4) is 11.4 Å². The van der Waals surface area contributed by atoms with Crippen LogP contribution < -0.4 is 15.5 Å². The van der Waals surface area contributed by atoms with Crippen LogP contribution in [0, 0.1) is 0 Å². The van der Waals surface area contributed by atoms with E-state index >= 15 is 0 Å². The molecular weight excluding hydrogens is 434 g/mol. The highest BCUT2D eigenvalue weighted by atomic mass is 32.3. The number of benzene rings is 1. The molecule has 0 spiro atoms. The second-order valence-electron chi connectivity index (χ2n) is 7.64. The van der Waals surface area contributed by atoms with E-state index in [1.54, 1.807) is 30.3 Å². The fraction of sp³-hybridized carbons (Fsp3) is 0.429. The molecule has 0 radical (unpaired) electrons. The van der Waals surface area contributed by atoms with Gasteiger partial charge in [0, 0.05) is 56.6 Å². The van der Waals surface area contributed by atoms with Crippen LogP contribution in [0.25, 0.3) is 11.4 Å². The highest BCUT2D eigenvalue weighted by Gasteiger charge is 2.18. The molecular formula is C21H29N5O5S. The summed E-state index contributed by atoms with van der Waals surface area (Å²) in [5.41, 5.74) is 1.91. The Kier molecular flexibility index (Phi) is 8.02. The summed E-state index contributed by atoms with van der Waals surface area (Å²) in [5, 5.41) is 5.37. The van der Waals surface area contributed by atoms with E-state index in [4.69, 9.17) is 4.74 Å². The first-order valence-corrected chi connectivity index (χ1v) is 12.4. The highest BCUT2D eigenvalue weighted by molar-refractivity contribution is 8.23. The summed E-state index contributed by atoms with van der Waals surface area (Å²) in [6.45, 7) is 4.28. The molecule has 1 aliphatic heterocycles. The van der Waals surface area contributed by atoms with Crippen LogP contribution in [0.15, 0.2) is 30.3 Å². The minimum atomic E-state index is -2.76. The van der Waals surface area contributed by atoms with Gasteiger partial charge in [0.25, 0.3) is 0 Å². The molecule has 174 valence electrons. The number of rotatable bonds is 8. The van der Waals surface area contributed by atoms with Crippen molar-refractivity contribution in [1.82, 2.24) is 15.3 Å². The predicted molar refractivity (Wildman–Crippen MR) is 125 cm³/mol. The Bertz CT molecular complexity index is 943. The van der Waals surface area contributed by atoms with Crippen molar-refractivity contribution in [1.29, 1.82) is 0 Å². The van der Waals surface area contributed by atoms with Crippen molar-refractivity contribution in [2.24, 2.45) is 0 Å². The van der Waals surface area contributed by atoms with Crippen LogP contribution in [0.3, 0.4) is 0 Å². The lowest BCUT2D eigenvalue weighted by molar-refractivity contribution is -0.119. The number of nitrogens with zero attached hydrogens (tertiary/aromatic N) is 3. The normalized spacial score (nSPS) is 14.7. The zero-order valence-electron chi connectivity index (χ0n) is 18.2. The van der Waals surface area contributed by atoms with E-state index in [1.165, 1.54) is 13.2 Å². The molecule has 1 saturated heterocycles. The Morgan fingerprint density at radius 1 is 1.16 bits per heavy atom. The fourth-order valence-electron chi connectivity index (χ4n) is 3.20. The molecule has 2 heterocycles. The van der Waals surface area contributed by atoms with Crippen LogP contribution in [0.2, 0.25) is 0 Å². The van der Waals surface area contributed by atoms with E-state index < -0.39 is 10.6 Å². The third-order valence-corrected chi connectivity index (χ3v) is 5.52. The quantitative estimate of drug-likeness (QED) is 0.468. The number of hydrogen-bond acceptors (Lipinski definition) is 8. The topological polar surface area (TPSA) is 137 Å². The molecule has 0 aliphatic carbocycles. The van der Waals surface area contributed by atoms with Crippen molar-refractivity contribution in [2.45, 2.75) is 19.1 Å². The lowest BCUT2D eigenvalue weighted by atomic mass is 10.2. The van der Waals surface area contributed by atoms with Crippen LogP contribution in [0.5, 0.6) is 0 Å². The van der Waals surface area contributed by atoms with E-state index in [9.17, 15) is 18.7 Å². The SMILES string of the molecule is CC(=O)NCCC(=O)Nc1ccc(-c2nc(CS(C)(O)O)cc(N3CCOCC3)n2)cc1. The largest absolute Gasteiger partial charge is 0.378 e. The lowest BCUT2D eigenvalue weighted by Gasteiger charge is -2.30. The van der Waals surface area contributed by atoms with Crippen molar-refractivity contribution in [3.63, 3.8) is 0 Å². The van der Waals surface area contributed by atoms with Crippen LogP contribution >= 0.6 is 10.6 Å². The monoisotopic (exact) mass is 463 g/mol. The van der Waals surface area contributed by atoms with E-state index in [2.05, 4.69) is 25.5 Å². The van der Waals surface area contributed by atoms with Crippen molar-refractivity contribution < 1.29 is 23.4 Å². The summed E-state index contributed by atoms with van der Waals surface area (Å²) in [6.07, 6.45) is 1.57. The fourth-order valence-corrected chi connectivity index (χ4v) is 3.91. The molecule has 3 rings (SSSR count). The number of anilines is 2. The maximum Gasteiger partial charge on any atom is 0.226 e. The molecule has 11 heteroatoms. The van der Waals surface area contributed by atoms with Gasteiger partial charge in [-0.25, -0.2) is 9.97 Å². The van der Waals surface area contributed by atoms with E-state index in [-0.39, 0.29) is 30.5 Å². The Morgan fingerprint density at radius 3 is 2.47 bits per heavy atom. The Hall–Kier alpha value is -2.73. The summed E-state index contributed by atoms with van der Waals surface area (Å²) < 4.78 is 25.3. The van der Waals surface area contributed by atoms with E-state index in [0.717, 1.165) is 5.56 Å². The van der Waals surface area contributed by atoms with E-state index in [0.29, 0.717) is 49.3 Å². The van der Waals surface area contributed by atoms with Crippen LogP contribution in [-0.4, -0.2) is 70.0 Å². The summed E-state index contributed by atoms with van der Waals surface area (Å²) in [6, 6.07) is 8.90. The molecule has 1 aromatic heterocycles. The minimum Gasteiger partial charge on any atom is -0.378 e. The van der Waals surface area contributed by atoms with Crippen LogP contribution in [0.4, 0.5) is 11.5 Å². The average molecular weight is 464 g/mol. The van der Waals surface area contributed by atoms with Crippen LogP contribution in [-0.2, 0) is 20.1 Å². The first kappa shape index (κ1) is 23.9. The maximum atomic E-state index is 12.0. The first-order chi connectivity index (χ1) is 15.2. The number of carbonyl (C=O) groups excluding carboxylic acids is 2. The minimum absolute atomic E-state index is 0.0439. The predicted octanol–water partition coefficient (Wildman–Crippen LogP) is 2.33. The van der Waals surface area contributed by atoms with Gasteiger partial charge in [-0.05, 0) is 24.3 Å². The van der Waals surface area contributed by atoms with Crippen molar-refractivity contribution in [3.05, 3.63) is 36.0 Å². The number of carbonyl (C=O) groups is 2. The number of hydrogen-bond donors (Lipinski definition) is 4. The molecule has 10 nitrogen and oxygen atoms in total. The van der Waals surface area contributed by atoms with Gasteiger partial charge in [-0.2, -0.15) is 10.6 Å². The zero-order chi connectivity index (χ0) is 23.1. The first-order valence-electron chi connectivity index (χ1n) is 10.3.